The van der Waals surface area contributed by atoms with Crippen molar-refractivity contribution in [3.05, 3.63) is 46.7 Å². The summed E-state index contributed by atoms with van der Waals surface area (Å²) >= 11 is 3.53. The topological polar surface area (TPSA) is 55.9 Å². The lowest BCUT2D eigenvalue weighted by Gasteiger charge is -2.17. The number of hydrogen-bond acceptors (Lipinski definition) is 3. The van der Waals surface area contributed by atoms with Crippen LogP contribution in [0.5, 0.6) is 0 Å². The fourth-order valence-corrected chi connectivity index (χ4v) is 2.26. The van der Waals surface area contributed by atoms with Gasteiger partial charge in [0.05, 0.1) is 12.2 Å². The molecule has 5 heteroatoms. The Bertz CT molecular complexity index is 536. The van der Waals surface area contributed by atoms with E-state index in [9.17, 15) is 0 Å². The summed E-state index contributed by atoms with van der Waals surface area (Å²) < 4.78 is 2.98. The minimum Gasteiger partial charge on any atom is -0.376 e. The molecule has 0 saturated carbocycles. The fraction of sp³-hybridized carbons (Fsp3) is 0.357. The molecule has 19 heavy (non-hydrogen) atoms. The number of nitrogens with zero attached hydrogens (tertiary/aromatic N) is 2. The van der Waals surface area contributed by atoms with Crippen LogP contribution in [0.25, 0.3) is 0 Å². The second-order valence-electron chi connectivity index (χ2n) is 4.76. The second kappa shape index (κ2) is 6.21. The summed E-state index contributed by atoms with van der Waals surface area (Å²) in [7, 11) is 0. The molecule has 4 nitrogen and oxygen atoms in total. The first-order valence-electron chi connectivity index (χ1n) is 6.37. The Labute approximate surface area is 122 Å². The molecule has 0 saturated heterocycles. The number of rotatable bonds is 5. The van der Waals surface area contributed by atoms with Crippen molar-refractivity contribution in [2.45, 2.75) is 25.9 Å². The molecular weight excluding hydrogens is 304 g/mol. The number of para-hydroxylation sites is 1. The van der Waals surface area contributed by atoms with Crippen LogP contribution in [-0.2, 0) is 0 Å². The molecule has 1 heterocycles. The molecule has 0 bridgehead atoms. The minimum absolute atomic E-state index is 0.0613. The molecule has 0 fully saturated rings. The van der Waals surface area contributed by atoms with E-state index >= 15 is 0 Å². The van der Waals surface area contributed by atoms with Gasteiger partial charge in [0.25, 0.3) is 0 Å². The lowest BCUT2D eigenvalue weighted by molar-refractivity contribution is 0.531. The smallest absolute Gasteiger partial charge is 0.0667 e. The molecule has 0 aliphatic carbocycles. The van der Waals surface area contributed by atoms with Crippen LogP contribution in [0, 0.1) is 0 Å². The van der Waals surface area contributed by atoms with E-state index in [1.165, 1.54) is 0 Å². The van der Waals surface area contributed by atoms with Gasteiger partial charge < -0.3 is 11.1 Å². The maximum Gasteiger partial charge on any atom is 0.0667 e. The lowest BCUT2D eigenvalue weighted by atomic mass is 10.1. The SMILES string of the molecule is CC(C)n1cc(C(CN)Nc2ccccc2Br)cn1. The first kappa shape index (κ1) is 14.1. The van der Waals surface area contributed by atoms with E-state index in [4.69, 9.17) is 5.73 Å². The number of nitrogens with two attached hydrogens (primary N) is 1. The molecule has 1 atom stereocenters. The van der Waals surface area contributed by atoms with Crippen LogP contribution in [0.1, 0.15) is 31.5 Å². The molecule has 0 aliphatic heterocycles. The summed E-state index contributed by atoms with van der Waals surface area (Å²) in [6.07, 6.45) is 3.92. The van der Waals surface area contributed by atoms with E-state index < -0.39 is 0 Å². The van der Waals surface area contributed by atoms with Crippen LogP contribution in [0.4, 0.5) is 5.69 Å². The number of anilines is 1. The van der Waals surface area contributed by atoms with Crippen molar-refractivity contribution in [2.24, 2.45) is 5.73 Å². The number of nitrogens with one attached hydrogen (secondary N) is 1. The normalized spacial score (nSPS) is 12.7. The Morgan fingerprint density at radius 2 is 2.11 bits per heavy atom. The summed E-state index contributed by atoms with van der Waals surface area (Å²) in [6.45, 7) is 4.73. The van der Waals surface area contributed by atoms with Crippen molar-refractivity contribution in [3.63, 3.8) is 0 Å². The summed E-state index contributed by atoms with van der Waals surface area (Å²) in [5, 5.41) is 7.80. The zero-order valence-electron chi connectivity index (χ0n) is 11.2. The third-order valence-electron chi connectivity index (χ3n) is 2.99. The van der Waals surface area contributed by atoms with Crippen LogP contribution in [0.3, 0.4) is 0 Å². The number of aromatic nitrogens is 2. The highest BCUT2D eigenvalue weighted by molar-refractivity contribution is 9.10. The molecule has 1 aromatic carbocycles. The Hall–Kier alpha value is -1.33. The van der Waals surface area contributed by atoms with Crippen molar-refractivity contribution >= 4 is 21.6 Å². The van der Waals surface area contributed by atoms with Crippen LogP contribution >= 0.6 is 15.9 Å². The van der Waals surface area contributed by atoms with Crippen molar-refractivity contribution in [1.29, 1.82) is 0 Å². The van der Waals surface area contributed by atoms with E-state index in [0.29, 0.717) is 12.6 Å². The van der Waals surface area contributed by atoms with Crippen molar-refractivity contribution < 1.29 is 0 Å². The van der Waals surface area contributed by atoms with Gasteiger partial charge >= 0.3 is 0 Å². The zero-order valence-corrected chi connectivity index (χ0v) is 12.8. The van der Waals surface area contributed by atoms with Crippen LogP contribution in [0.2, 0.25) is 0 Å². The lowest BCUT2D eigenvalue weighted by Crippen LogP contribution is -2.20. The fourth-order valence-electron chi connectivity index (χ4n) is 1.86. The molecule has 2 rings (SSSR count). The highest BCUT2D eigenvalue weighted by Crippen LogP contribution is 2.26. The first-order valence-corrected chi connectivity index (χ1v) is 7.16. The van der Waals surface area contributed by atoms with Gasteiger partial charge in [-0.15, -0.1) is 0 Å². The summed E-state index contributed by atoms with van der Waals surface area (Å²) in [5.74, 6) is 0. The minimum atomic E-state index is 0.0613. The van der Waals surface area contributed by atoms with Gasteiger partial charge in [0.2, 0.25) is 0 Å². The maximum absolute atomic E-state index is 5.87. The molecule has 0 radical (unpaired) electrons. The van der Waals surface area contributed by atoms with E-state index in [1.807, 2.05) is 41.3 Å². The van der Waals surface area contributed by atoms with Gasteiger partial charge in [0.15, 0.2) is 0 Å². The summed E-state index contributed by atoms with van der Waals surface area (Å²) in [4.78, 5) is 0. The van der Waals surface area contributed by atoms with E-state index in [-0.39, 0.29) is 6.04 Å². The third-order valence-corrected chi connectivity index (χ3v) is 3.68. The predicted molar refractivity (Wildman–Crippen MR) is 82.2 cm³/mol. The monoisotopic (exact) mass is 322 g/mol. The third kappa shape index (κ3) is 3.36. The van der Waals surface area contributed by atoms with Gasteiger partial charge in [-0.3, -0.25) is 4.68 Å². The van der Waals surface area contributed by atoms with E-state index in [0.717, 1.165) is 15.7 Å². The van der Waals surface area contributed by atoms with Crippen LogP contribution in [-0.4, -0.2) is 16.3 Å². The molecule has 3 N–H and O–H groups in total. The molecule has 1 unspecified atom stereocenters. The van der Waals surface area contributed by atoms with Gasteiger partial charge in [-0.2, -0.15) is 5.10 Å². The molecule has 0 spiro atoms. The zero-order chi connectivity index (χ0) is 13.8. The average molecular weight is 323 g/mol. The Balaban J connectivity index is 2.18. The molecule has 1 aromatic heterocycles. The standard InChI is InChI=1S/C14H19BrN4/c1-10(2)19-9-11(8-17-19)14(7-16)18-13-6-4-3-5-12(13)15/h3-6,8-10,14,18H,7,16H2,1-2H3. The van der Waals surface area contributed by atoms with Crippen LogP contribution in [0.15, 0.2) is 41.1 Å². The molecular formula is C14H19BrN4. The largest absolute Gasteiger partial charge is 0.376 e. The molecule has 102 valence electrons. The number of halogens is 1. The predicted octanol–water partition coefficient (Wildman–Crippen LogP) is 3.34. The quantitative estimate of drug-likeness (QED) is 0.887. The summed E-state index contributed by atoms with van der Waals surface area (Å²) in [6, 6.07) is 8.44. The van der Waals surface area contributed by atoms with Crippen molar-refractivity contribution in [3.8, 4) is 0 Å². The second-order valence-corrected chi connectivity index (χ2v) is 5.61. The van der Waals surface area contributed by atoms with Crippen molar-refractivity contribution in [1.82, 2.24) is 9.78 Å². The Morgan fingerprint density at radius 3 is 2.68 bits per heavy atom. The van der Waals surface area contributed by atoms with E-state index in [2.05, 4.69) is 40.2 Å². The van der Waals surface area contributed by atoms with Crippen molar-refractivity contribution in [2.75, 3.05) is 11.9 Å². The Morgan fingerprint density at radius 1 is 1.37 bits per heavy atom. The molecule has 0 amide bonds. The van der Waals surface area contributed by atoms with Crippen LogP contribution < -0.4 is 11.1 Å². The van der Waals surface area contributed by atoms with E-state index in [1.54, 1.807) is 0 Å². The number of benzene rings is 1. The molecule has 2 aromatic rings. The highest BCUT2D eigenvalue weighted by Gasteiger charge is 2.13. The maximum atomic E-state index is 5.87. The van der Waals surface area contributed by atoms with Gasteiger partial charge in [0, 0.05) is 34.5 Å². The van der Waals surface area contributed by atoms with Gasteiger partial charge in [-0.05, 0) is 41.9 Å². The van der Waals surface area contributed by atoms with Gasteiger partial charge in [-0.25, -0.2) is 0 Å². The Kier molecular flexibility index (Phi) is 4.61. The highest BCUT2D eigenvalue weighted by atomic mass is 79.9. The average Bonchev–Trinajstić information content (AvgIpc) is 2.87. The van der Waals surface area contributed by atoms with Gasteiger partial charge in [0.1, 0.15) is 0 Å². The van der Waals surface area contributed by atoms with Gasteiger partial charge in [-0.1, -0.05) is 12.1 Å². The first-order chi connectivity index (χ1) is 9.11. The molecule has 0 aliphatic rings. The number of hydrogen-bond donors (Lipinski definition) is 2. The summed E-state index contributed by atoms with van der Waals surface area (Å²) in [5.41, 5.74) is 8.01.